The minimum atomic E-state index is 0.393. The van der Waals surface area contributed by atoms with Gasteiger partial charge in [0.1, 0.15) is 0 Å². The third-order valence-corrected chi connectivity index (χ3v) is 7.12. The Morgan fingerprint density at radius 1 is 0.550 bits per heavy atom. The van der Waals surface area contributed by atoms with Gasteiger partial charge in [0, 0.05) is 0 Å². The second-order valence-corrected chi connectivity index (χ2v) is 8.85. The van der Waals surface area contributed by atoms with Crippen LogP contribution in [0.3, 0.4) is 0 Å². The zero-order chi connectivity index (χ0) is 14.9. The fraction of sp³-hybridized carbons (Fsp3) is 1.00. The Labute approximate surface area is 130 Å². The van der Waals surface area contributed by atoms with Crippen molar-refractivity contribution in [2.75, 3.05) is 25.0 Å². The molecule has 0 heterocycles. The van der Waals surface area contributed by atoms with E-state index < -0.39 is 0 Å². The number of hydrogen-bond acceptors (Lipinski definition) is 1. The molecule has 0 atom stereocenters. The topological polar surface area (TPSA) is 26.0 Å². The van der Waals surface area contributed by atoms with Crippen molar-refractivity contribution in [1.82, 2.24) is 0 Å². The summed E-state index contributed by atoms with van der Waals surface area (Å²) in [6.07, 6.45) is 21.6. The van der Waals surface area contributed by atoms with Crippen LogP contribution in [0.2, 0.25) is 0 Å². The van der Waals surface area contributed by atoms with Crippen LogP contribution in [0.25, 0.3) is 0 Å². The standard InChI is InChI=1S/C18H40NP/c1-3-16-20(17-4-2)18-14-12-10-8-6-5-7-9-11-13-15-19/h3-19H2,1-2H3. The lowest BCUT2D eigenvalue weighted by Gasteiger charge is -2.15. The molecule has 0 aromatic carbocycles. The minimum absolute atomic E-state index is 0.393. The van der Waals surface area contributed by atoms with Crippen molar-refractivity contribution in [2.45, 2.75) is 90.9 Å². The average Bonchev–Trinajstić information content (AvgIpc) is 2.45. The molecule has 0 rings (SSSR count). The van der Waals surface area contributed by atoms with Gasteiger partial charge >= 0.3 is 0 Å². The van der Waals surface area contributed by atoms with Gasteiger partial charge in [-0.15, -0.1) is 7.92 Å². The lowest BCUT2D eigenvalue weighted by atomic mass is 10.1. The molecule has 0 fully saturated rings. The SMILES string of the molecule is CCCP(CCC)CCCCCCCCCCCCN. The number of unbranched alkanes of at least 4 members (excludes halogenated alkanes) is 9. The Kier molecular flexibility index (Phi) is 17.8. The summed E-state index contributed by atoms with van der Waals surface area (Å²) < 4.78 is 0. The summed E-state index contributed by atoms with van der Waals surface area (Å²) in [5.74, 6) is 0. The van der Waals surface area contributed by atoms with Gasteiger partial charge in [0.15, 0.2) is 0 Å². The van der Waals surface area contributed by atoms with Crippen molar-refractivity contribution < 1.29 is 0 Å². The van der Waals surface area contributed by atoms with E-state index in [0.717, 1.165) is 6.54 Å². The maximum atomic E-state index is 5.50. The summed E-state index contributed by atoms with van der Waals surface area (Å²) in [5, 5.41) is 0. The molecule has 2 N–H and O–H groups in total. The van der Waals surface area contributed by atoms with Crippen LogP contribution >= 0.6 is 7.92 Å². The van der Waals surface area contributed by atoms with Gasteiger partial charge in [-0.1, -0.05) is 78.1 Å². The van der Waals surface area contributed by atoms with E-state index in [1.54, 1.807) is 6.16 Å². The van der Waals surface area contributed by atoms with Gasteiger partial charge < -0.3 is 5.73 Å². The number of hydrogen-bond donors (Lipinski definition) is 1. The molecule has 0 unspecified atom stereocenters. The van der Waals surface area contributed by atoms with E-state index in [1.807, 2.05) is 0 Å². The predicted octanol–water partition coefficient (Wildman–Crippen LogP) is 6.15. The highest BCUT2D eigenvalue weighted by Gasteiger charge is 2.04. The molecule has 0 bridgehead atoms. The zero-order valence-electron chi connectivity index (χ0n) is 14.3. The highest BCUT2D eigenvalue weighted by molar-refractivity contribution is 7.57. The maximum Gasteiger partial charge on any atom is -0.00773 e. The zero-order valence-corrected chi connectivity index (χ0v) is 15.2. The van der Waals surface area contributed by atoms with E-state index in [1.165, 1.54) is 89.4 Å². The molecule has 0 aliphatic rings. The van der Waals surface area contributed by atoms with E-state index in [4.69, 9.17) is 5.73 Å². The third kappa shape index (κ3) is 14.8. The van der Waals surface area contributed by atoms with Crippen molar-refractivity contribution in [3.05, 3.63) is 0 Å². The first-order valence-corrected chi connectivity index (χ1v) is 11.2. The van der Waals surface area contributed by atoms with Crippen LogP contribution in [-0.2, 0) is 0 Å². The molecule has 0 aliphatic carbocycles. The first-order valence-electron chi connectivity index (χ1n) is 9.27. The molecular formula is C18H40NP. The summed E-state index contributed by atoms with van der Waals surface area (Å²) in [7, 11) is 0.393. The highest BCUT2D eigenvalue weighted by atomic mass is 31.1. The first-order chi connectivity index (χ1) is 9.85. The number of nitrogens with two attached hydrogens (primary N) is 1. The number of rotatable bonds is 16. The van der Waals surface area contributed by atoms with Gasteiger partial charge in [-0.25, -0.2) is 0 Å². The molecule has 0 aromatic heterocycles. The Morgan fingerprint density at radius 2 is 0.950 bits per heavy atom. The molecule has 0 aliphatic heterocycles. The molecule has 1 nitrogen and oxygen atoms in total. The Bertz CT molecular complexity index is 167. The lowest BCUT2D eigenvalue weighted by molar-refractivity contribution is 0.558. The third-order valence-electron chi connectivity index (χ3n) is 4.01. The van der Waals surface area contributed by atoms with E-state index >= 15 is 0 Å². The largest absolute Gasteiger partial charge is 0.330 e. The fourth-order valence-corrected chi connectivity index (χ4v) is 5.47. The summed E-state index contributed by atoms with van der Waals surface area (Å²) in [5.41, 5.74) is 5.50. The fourth-order valence-electron chi connectivity index (χ4n) is 2.86. The second-order valence-electron chi connectivity index (χ2n) is 6.17. The predicted molar refractivity (Wildman–Crippen MR) is 97.3 cm³/mol. The Hall–Kier alpha value is 0.390. The molecule has 0 amide bonds. The normalized spacial score (nSPS) is 11.4. The summed E-state index contributed by atoms with van der Waals surface area (Å²) in [6.45, 7) is 5.57. The summed E-state index contributed by atoms with van der Waals surface area (Å²) in [6, 6.07) is 0. The van der Waals surface area contributed by atoms with E-state index in [-0.39, 0.29) is 0 Å². The molecule has 122 valence electrons. The van der Waals surface area contributed by atoms with Crippen LogP contribution in [0.4, 0.5) is 0 Å². The van der Waals surface area contributed by atoms with Gasteiger partial charge in [-0.05, 0) is 37.9 Å². The lowest BCUT2D eigenvalue weighted by Crippen LogP contribution is -1.97. The molecule has 0 saturated carbocycles. The molecule has 20 heavy (non-hydrogen) atoms. The van der Waals surface area contributed by atoms with Crippen LogP contribution < -0.4 is 5.73 Å². The molecule has 2 heteroatoms. The maximum absolute atomic E-state index is 5.50. The van der Waals surface area contributed by atoms with Crippen LogP contribution in [-0.4, -0.2) is 25.0 Å². The molecule has 0 spiro atoms. The Morgan fingerprint density at radius 3 is 1.35 bits per heavy atom. The van der Waals surface area contributed by atoms with Crippen LogP contribution in [0, 0.1) is 0 Å². The van der Waals surface area contributed by atoms with Crippen molar-refractivity contribution in [1.29, 1.82) is 0 Å². The Balaban J connectivity index is 3.18. The monoisotopic (exact) mass is 301 g/mol. The molecule has 0 saturated heterocycles. The van der Waals surface area contributed by atoms with Gasteiger partial charge in [-0.3, -0.25) is 0 Å². The van der Waals surface area contributed by atoms with Gasteiger partial charge in [0.25, 0.3) is 0 Å². The summed E-state index contributed by atoms with van der Waals surface area (Å²) >= 11 is 0. The minimum Gasteiger partial charge on any atom is -0.330 e. The van der Waals surface area contributed by atoms with Crippen LogP contribution in [0.1, 0.15) is 90.9 Å². The van der Waals surface area contributed by atoms with Crippen molar-refractivity contribution >= 4 is 7.92 Å². The van der Waals surface area contributed by atoms with E-state index in [9.17, 15) is 0 Å². The van der Waals surface area contributed by atoms with Gasteiger partial charge in [0.2, 0.25) is 0 Å². The second kappa shape index (κ2) is 17.4. The van der Waals surface area contributed by atoms with Crippen LogP contribution in [0.5, 0.6) is 0 Å². The average molecular weight is 301 g/mol. The molecule has 0 radical (unpaired) electrons. The van der Waals surface area contributed by atoms with E-state index in [2.05, 4.69) is 13.8 Å². The summed E-state index contributed by atoms with van der Waals surface area (Å²) in [4.78, 5) is 0. The van der Waals surface area contributed by atoms with Crippen molar-refractivity contribution in [3.63, 3.8) is 0 Å². The van der Waals surface area contributed by atoms with Crippen molar-refractivity contribution in [2.24, 2.45) is 5.73 Å². The molecular weight excluding hydrogens is 261 g/mol. The van der Waals surface area contributed by atoms with Crippen molar-refractivity contribution in [3.8, 4) is 0 Å². The van der Waals surface area contributed by atoms with Gasteiger partial charge in [0.05, 0.1) is 0 Å². The molecule has 0 aromatic rings. The van der Waals surface area contributed by atoms with E-state index in [0.29, 0.717) is 7.92 Å². The van der Waals surface area contributed by atoms with Crippen LogP contribution in [0.15, 0.2) is 0 Å². The first kappa shape index (κ1) is 20.4. The smallest absolute Gasteiger partial charge is 0.00773 e. The highest BCUT2D eigenvalue weighted by Crippen LogP contribution is 2.37. The quantitative estimate of drug-likeness (QED) is 0.268. The van der Waals surface area contributed by atoms with Gasteiger partial charge in [-0.2, -0.15) is 0 Å².